The Morgan fingerprint density at radius 2 is 1.86 bits per heavy atom. The number of ketones is 1. The molecule has 1 aliphatic heterocycles. The second-order valence-corrected chi connectivity index (χ2v) is 7.93. The van der Waals surface area contributed by atoms with Gasteiger partial charge in [-0.15, -0.1) is 0 Å². The van der Waals surface area contributed by atoms with Crippen molar-refractivity contribution in [3.63, 3.8) is 0 Å². The molecule has 1 heterocycles. The van der Waals surface area contributed by atoms with E-state index in [4.69, 9.17) is 4.74 Å². The Labute approximate surface area is 163 Å². The first kappa shape index (κ1) is 19.8. The Balaban J connectivity index is 1.79. The average molecular weight is 384 g/mol. The maximum absolute atomic E-state index is 12.8. The van der Waals surface area contributed by atoms with Crippen LogP contribution in [0.1, 0.15) is 50.4 Å². The van der Waals surface area contributed by atoms with Gasteiger partial charge in [0.1, 0.15) is 0 Å². The summed E-state index contributed by atoms with van der Waals surface area (Å²) in [5.74, 6) is -2.00. The molecule has 2 N–H and O–H groups in total. The number of benzene rings is 1. The number of hydrogen-bond acceptors (Lipinski definition) is 5. The Bertz CT molecular complexity index is 867. The van der Waals surface area contributed by atoms with Gasteiger partial charge in [0.05, 0.1) is 18.1 Å². The van der Waals surface area contributed by atoms with Gasteiger partial charge < -0.3 is 15.4 Å². The third-order valence-electron chi connectivity index (χ3n) is 4.93. The molecule has 0 unspecified atom stereocenters. The van der Waals surface area contributed by atoms with E-state index in [1.165, 1.54) is 0 Å². The quantitative estimate of drug-likeness (QED) is 0.777. The molecule has 148 valence electrons. The summed E-state index contributed by atoms with van der Waals surface area (Å²) < 4.78 is 4.93. The van der Waals surface area contributed by atoms with Gasteiger partial charge >= 0.3 is 5.97 Å². The third kappa shape index (κ3) is 4.13. The van der Waals surface area contributed by atoms with E-state index in [-0.39, 0.29) is 30.1 Å². The zero-order valence-electron chi connectivity index (χ0n) is 16.3. The third-order valence-corrected chi connectivity index (χ3v) is 4.93. The molecule has 0 saturated heterocycles. The van der Waals surface area contributed by atoms with Crippen LogP contribution in [0, 0.1) is 11.3 Å². The molecule has 1 aromatic carbocycles. The van der Waals surface area contributed by atoms with Crippen molar-refractivity contribution in [3.8, 4) is 0 Å². The van der Waals surface area contributed by atoms with Gasteiger partial charge in [-0.05, 0) is 43.0 Å². The largest absolute Gasteiger partial charge is 0.462 e. The van der Waals surface area contributed by atoms with E-state index in [1.54, 1.807) is 31.2 Å². The Morgan fingerprint density at radius 1 is 1.18 bits per heavy atom. The number of ether oxygens (including phenoxy) is 1. The molecule has 1 atom stereocenters. The van der Waals surface area contributed by atoms with Crippen LogP contribution in [-0.2, 0) is 19.1 Å². The highest BCUT2D eigenvalue weighted by molar-refractivity contribution is 6.09. The first-order chi connectivity index (χ1) is 13.2. The molecule has 28 heavy (non-hydrogen) atoms. The van der Waals surface area contributed by atoms with Gasteiger partial charge in [0.2, 0.25) is 11.8 Å². The SMILES string of the molecule is CCOC(=O)c1ccc(NC(=O)[C@@H]2CC(=O)NC3=C2C(=O)CC(C)(C)C3)cc1. The first-order valence-electron chi connectivity index (χ1n) is 9.34. The smallest absolute Gasteiger partial charge is 0.338 e. The molecule has 1 aliphatic carbocycles. The number of hydrogen-bond donors (Lipinski definition) is 2. The summed E-state index contributed by atoms with van der Waals surface area (Å²) in [7, 11) is 0. The Kier molecular flexibility index (Phi) is 5.36. The number of Topliss-reactive ketones (excluding diaryl/α,β-unsaturated/α-hetero) is 1. The summed E-state index contributed by atoms with van der Waals surface area (Å²) in [5.41, 5.74) is 1.60. The summed E-state index contributed by atoms with van der Waals surface area (Å²) >= 11 is 0. The number of esters is 1. The van der Waals surface area contributed by atoms with Gasteiger partial charge in [-0.25, -0.2) is 4.79 Å². The summed E-state index contributed by atoms with van der Waals surface area (Å²) in [6.45, 7) is 5.94. The van der Waals surface area contributed by atoms with Gasteiger partial charge in [0, 0.05) is 29.8 Å². The van der Waals surface area contributed by atoms with Crippen molar-refractivity contribution >= 4 is 29.3 Å². The first-order valence-corrected chi connectivity index (χ1v) is 9.34. The van der Waals surface area contributed by atoms with Gasteiger partial charge in [-0.3, -0.25) is 14.4 Å². The predicted octanol–water partition coefficient (Wildman–Crippen LogP) is 2.58. The highest BCUT2D eigenvalue weighted by atomic mass is 16.5. The second-order valence-electron chi connectivity index (χ2n) is 7.93. The van der Waals surface area contributed by atoms with Crippen LogP contribution in [0.15, 0.2) is 35.5 Å². The predicted molar refractivity (Wildman–Crippen MR) is 102 cm³/mol. The van der Waals surface area contributed by atoms with Gasteiger partial charge in [0.25, 0.3) is 0 Å². The van der Waals surface area contributed by atoms with Crippen LogP contribution in [0.25, 0.3) is 0 Å². The van der Waals surface area contributed by atoms with Crippen molar-refractivity contribution in [2.24, 2.45) is 11.3 Å². The maximum atomic E-state index is 12.8. The van der Waals surface area contributed by atoms with E-state index in [0.717, 1.165) is 0 Å². The molecular weight excluding hydrogens is 360 g/mol. The van der Waals surface area contributed by atoms with E-state index in [2.05, 4.69) is 10.6 Å². The topological polar surface area (TPSA) is 102 Å². The van der Waals surface area contributed by atoms with Crippen LogP contribution in [0.5, 0.6) is 0 Å². The monoisotopic (exact) mass is 384 g/mol. The molecule has 2 amide bonds. The zero-order valence-corrected chi connectivity index (χ0v) is 16.3. The molecular formula is C21H24N2O5. The van der Waals surface area contributed by atoms with Crippen molar-refractivity contribution in [2.75, 3.05) is 11.9 Å². The molecule has 0 aromatic heterocycles. The molecule has 7 heteroatoms. The minimum atomic E-state index is -0.808. The fourth-order valence-electron chi connectivity index (χ4n) is 3.71. The van der Waals surface area contributed by atoms with Gasteiger partial charge in [-0.1, -0.05) is 13.8 Å². The molecule has 1 aromatic rings. The lowest BCUT2D eigenvalue weighted by Gasteiger charge is -2.37. The minimum absolute atomic E-state index is 0.0578. The molecule has 3 rings (SSSR count). The van der Waals surface area contributed by atoms with Gasteiger partial charge in [-0.2, -0.15) is 0 Å². The van der Waals surface area contributed by atoms with Crippen LogP contribution < -0.4 is 10.6 Å². The fourth-order valence-corrected chi connectivity index (χ4v) is 3.71. The van der Waals surface area contributed by atoms with Crippen LogP contribution in [0.3, 0.4) is 0 Å². The van der Waals surface area contributed by atoms with Crippen molar-refractivity contribution < 1.29 is 23.9 Å². The molecule has 0 fully saturated rings. The molecule has 0 spiro atoms. The zero-order chi connectivity index (χ0) is 20.5. The summed E-state index contributed by atoms with van der Waals surface area (Å²) in [5, 5.41) is 5.52. The number of rotatable bonds is 4. The van der Waals surface area contributed by atoms with Crippen LogP contribution >= 0.6 is 0 Å². The molecule has 7 nitrogen and oxygen atoms in total. The molecule has 0 radical (unpaired) electrons. The number of amides is 2. The number of allylic oxidation sites excluding steroid dienone is 1. The van der Waals surface area contributed by atoms with Crippen molar-refractivity contribution in [3.05, 3.63) is 41.1 Å². The van der Waals surface area contributed by atoms with E-state index >= 15 is 0 Å². The van der Waals surface area contributed by atoms with Crippen LogP contribution in [-0.4, -0.2) is 30.2 Å². The van der Waals surface area contributed by atoms with E-state index < -0.39 is 17.8 Å². The van der Waals surface area contributed by atoms with Crippen molar-refractivity contribution in [1.82, 2.24) is 5.32 Å². The Morgan fingerprint density at radius 3 is 2.50 bits per heavy atom. The average Bonchev–Trinajstić information content (AvgIpc) is 2.60. The number of nitrogens with one attached hydrogen (secondary N) is 2. The lowest BCUT2D eigenvalue weighted by Crippen LogP contribution is -2.44. The fraction of sp³-hybridized carbons (Fsp3) is 0.429. The summed E-state index contributed by atoms with van der Waals surface area (Å²) in [6, 6.07) is 6.29. The van der Waals surface area contributed by atoms with Gasteiger partial charge in [0.15, 0.2) is 5.78 Å². The summed E-state index contributed by atoms with van der Waals surface area (Å²) in [4.78, 5) is 49.3. The maximum Gasteiger partial charge on any atom is 0.338 e. The van der Waals surface area contributed by atoms with E-state index in [1.807, 2.05) is 13.8 Å². The second kappa shape index (κ2) is 7.58. The van der Waals surface area contributed by atoms with E-state index in [9.17, 15) is 19.2 Å². The van der Waals surface area contributed by atoms with Crippen LogP contribution in [0.2, 0.25) is 0 Å². The lowest BCUT2D eigenvalue weighted by atomic mass is 9.71. The number of carbonyl (C=O) groups excluding carboxylic acids is 4. The molecule has 0 saturated carbocycles. The number of anilines is 1. The van der Waals surface area contributed by atoms with Crippen molar-refractivity contribution in [1.29, 1.82) is 0 Å². The Hall–Kier alpha value is -2.96. The van der Waals surface area contributed by atoms with Crippen molar-refractivity contribution in [2.45, 2.75) is 40.0 Å². The highest BCUT2D eigenvalue weighted by Gasteiger charge is 2.42. The van der Waals surface area contributed by atoms with Crippen LogP contribution in [0.4, 0.5) is 5.69 Å². The highest BCUT2D eigenvalue weighted by Crippen LogP contribution is 2.40. The summed E-state index contributed by atoms with van der Waals surface area (Å²) in [6.07, 6.45) is 0.843. The standard InChI is InChI=1S/C21H24N2O5/c1-4-28-20(27)12-5-7-13(8-6-12)22-19(26)14-9-17(25)23-15-10-21(2,3)11-16(24)18(14)15/h5-8,14H,4,9-11H2,1-3H3,(H,22,26)(H,23,25)/t14-/m1/s1. The minimum Gasteiger partial charge on any atom is -0.462 e. The normalized spacial score (nSPS) is 20.9. The van der Waals surface area contributed by atoms with E-state index in [0.29, 0.717) is 35.4 Å². The molecule has 0 bridgehead atoms. The number of carbonyl (C=O) groups is 4. The molecule has 2 aliphatic rings. The lowest BCUT2D eigenvalue weighted by molar-refractivity contribution is -0.129.